The molecule has 0 bridgehead atoms. The zero-order valence-corrected chi connectivity index (χ0v) is 14.9. The van der Waals surface area contributed by atoms with Crippen LogP contribution in [0.1, 0.15) is 23.6 Å². The number of rotatable bonds is 5. The van der Waals surface area contributed by atoms with Crippen LogP contribution in [0.3, 0.4) is 0 Å². The second-order valence-corrected chi connectivity index (χ2v) is 6.35. The average Bonchev–Trinajstić information content (AvgIpc) is 3.01. The van der Waals surface area contributed by atoms with Crippen molar-refractivity contribution in [1.82, 2.24) is 19.6 Å². The maximum absolute atomic E-state index is 12.2. The van der Waals surface area contributed by atoms with E-state index in [9.17, 15) is 4.79 Å². The van der Waals surface area contributed by atoms with Gasteiger partial charge >= 0.3 is 0 Å². The van der Waals surface area contributed by atoms with Crippen molar-refractivity contribution in [3.05, 3.63) is 47.3 Å². The third-order valence-corrected chi connectivity index (χ3v) is 4.21. The van der Waals surface area contributed by atoms with Crippen LogP contribution in [-0.2, 0) is 11.3 Å². The summed E-state index contributed by atoms with van der Waals surface area (Å²) in [6.45, 7) is 6.84. The molecule has 2 rings (SSSR count). The van der Waals surface area contributed by atoms with Gasteiger partial charge < -0.3 is 4.90 Å². The lowest BCUT2D eigenvalue weighted by Gasteiger charge is -2.28. The number of benzene rings is 1. The van der Waals surface area contributed by atoms with Crippen molar-refractivity contribution in [3.63, 3.8) is 0 Å². The van der Waals surface area contributed by atoms with E-state index < -0.39 is 0 Å². The first-order chi connectivity index (χ1) is 10.8. The number of amides is 1. The molecule has 0 aliphatic carbocycles. The number of likely N-dealkylation sites (N-methyl/N-ethyl adjacent to an activating group) is 2. The fourth-order valence-corrected chi connectivity index (χ4v) is 2.75. The first-order valence-electron chi connectivity index (χ1n) is 7.82. The number of hydrogen-bond donors (Lipinski definition) is 0. The monoisotopic (exact) mass is 314 g/mol. The van der Waals surface area contributed by atoms with Gasteiger partial charge in [0.25, 0.3) is 0 Å². The van der Waals surface area contributed by atoms with Gasteiger partial charge in [0.15, 0.2) is 0 Å². The molecule has 5 nitrogen and oxygen atoms in total. The second kappa shape index (κ2) is 6.96. The van der Waals surface area contributed by atoms with Crippen LogP contribution in [0.2, 0.25) is 0 Å². The average molecular weight is 314 g/mol. The number of carbonyl (C=O) groups excluding carboxylic acids is 1. The van der Waals surface area contributed by atoms with E-state index in [-0.39, 0.29) is 11.9 Å². The van der Waals surface area contributed by atoms with Gasteiger partial charge in [-0.15, -0.1) is 0 Å². The van der Waals surface area contributed by atoms with Crippen LogP contribution in [0.5, 0.6) is 0 Å². The molecule has 2 aromatic rings. The fraction of sp³-hybridized carbons (Fsp3) is 0.444. The van der Waals surface area contributed by atoms with Crippen LogP contribution in [0, 0.1) is 13.8 Å². The van der Waals surface area contributed by atoms with Crippen molar-refractivity contribution in [3.8, 4) is 5.69 Å². The van der Waals surface area contributed by atoms with Crippen molar-refractivity contribution in [1.29, 1.82) is 0 Å². The molecule has 1 aromatic heterocycles. The zero-order chi connectivity index (χ0) is 17.1. The minimum absolute atomic E-state index is 0.109. The Labute approximate surface area is 138 Å². The molecule has 0 radical (unpaired) electrons. The number of hydrogen-bond acceptors (Lipinski definition) is 3. The summed E-state index contributed by atoms with van der Waals surface area (Å²) in [6, 6.07) is 6.07. The van der Waals surface area contributed by atoms with Gasteiger partial charge in [0.05, 0.1) is 11.7 Å². The Bertz CT molecular complexity index is 677. The molecule has 0 unspecified atom stereocenters. The van der Waals surface area contributed by atoms with Gasteiger partial charge in [0.1, 0.15) is 0 Å². The van der Waals surface area contributed by atoms with E-state index in [1.165, 1.54) is 16.7 Å². The first kappa shape index (κ1) is 17.2. The Balaban J connectivity index is 2.34. The molecule has 1 amide bonds. The Morgan fingerprint density at radius 1 is 1.26 bits per heavy atom. The Morgan fingerprint density at radius 2 is 1.96 bits per heavy atom. The summed E-state index contributed by atoms with van der Waals surface area (Å²) < 4.78 is 1.89. The summed E-state index contributed by atoms with van der Waals surface area (Å²) in [5, 5.41) is 4.37. The number of aromatic nitrogens is 2. The maximum Gasteiger partial charge on any atom is 0.239 e. The van der Waals surface area contributed by atoms with E-state index in [4.69, 9.17) is 0 Å². The van der Waals surface area contributed by atoms with E-state index in [2.05, 4.69) is 36.0 Å². The number of carbonyl (C=O) groups is 1. The topological polar surface area (TPSA) is 41.4 Å². The van der Waals surface area contributed by atoms with E-state index in [0.717, 1.165) is 5.69 Å². The third-order valence-electron chi connectivity index (χ3n) is 4.21. The lowest BCUT2D eigenvalue weighted by molar-refractivity contribution is -0.133. The molecule has 1 heterocycles. The lowest BCUT2D eigenvalue weighted by Crippen LogP contribution is -2.42. The summed E-state index contributed by atoms with van der Waals surface area (Å²) in [6.07, 6.45) is 3.73. The van der Waals surface area contributed by atoms with Crippen LogP contribution in [0.4, 0.5) is 0 Å². The highest BCUT2D eigenvalue weighted by Gasteiger charge is 2.21. The smallest absolute Gasteiger partial charge is 0.239 e. The standard InChI is InChI=1S/C18H26N4O/c1-13-10-14(2)16(17(11-13)22-9-7-8-19-22)12-21(6)15(3)18(23)20(4)5/h7-11,15H,12H2,1-6H3/t15-/m1/s1. The summed E-state index contributed by atoms with van der Waals surface area (Å²) in [4.78, 5) is 15.9. The van der Waals surface area contributed by atoms with Crippen LogP contribution < -0.4 is 0 Å². The SMILES string of the molecule is Cc1cc(C)c(CN(C)[C@H](C)C(=O)N(C)C)c(-n2cccn2)c1. The van der Waals surface area contributed by atoms with Crippen LogP contribution in [0.15, 0.2) is 30.6 Å². The van der Waals surface area contributed by atoms with E-state index in [1.807, 2.05) is 30.9 Å². The molecule has 124 valence electrons. The first-order valence-corrected chi connectivity index (χ1v) is 7.82. The van der Waals surface area contributed by atoms with Crippen molar-refractivity contribution in [2.45, 2.75) is 33.4 Å². The van der Waals surface area contributed by atoms with E-state index >= 15 is 0 Å². The molecule has 0 N–H and O–H groups in total. The summed E-state index contributed by atoms with van der Waals surface area (Å²) in [5.41, 5.74) is 4.69. The van der Waals surface area contributed by atoms with Crippen molar-refractivity contribution >= 4 is 5.91 Å². The van der Waals surface area contributed by atoms with Gasteiger partial charge in [-0.1, -0.05) is 6.07 Å². The molecule has 0 aliphatic heterocycles. The zero-order valence-electron chi connectivity index (χ0n) is 14.9. The van der Waals surface area contributed by atoms with Gasteiger partial charge in [0.2, 0.25) is 5.91 Å². The second-order valence-electron chi connectivity index (χ2n) is 6.35. The van der Waals surface area contributed by atoms with Crippen molar-refractivity contribution in [2.24, 2.45) is 0 Å². The van der Waals surface area contributed by atoms with Crippen LogP contribution >= 0.6 is 0 Å². The molecule has 5 heteroatoms. The molecule has 23 heavy (non-hydrogen) atoms. The summed E-state index contributed by atoms with van der Waals surface area (Å²) >= 11 is 0. The molecule has 0 saturated heterocycles. The molecular formula is C18H26N4O. The van der Waals surface area contributed by atoms with Crippen molar-refractivity contribution in [2.75, 3.05) is 21.1 Å². The predicted molar refractivity (Wildman–Crippen MR) is 92.7 cm³/mol. The van der Waals surface area contributed by atoms with E-state index in [0.29, 0.717) is 6.54 Å². The highest BCUT2D eigenvalue weighted by molar-refractivity contribution is 5.80. The molecular weight excluding hydrogens is 288 g/mol. The van der Waals surface area contributed by atoms with Gasteiger partial charge in [-0.25, -0.2) is 4.68 Å². The largest absolute Gasteiger partial charge is 0.347 e. The predicted octanol–water partition coefficient (Wildman–Crippen LogP) is 2.40. The number of aryl methyl sites for hydroxylation is 2. The molecule has 1 atom stereocenters. The normalized spacial score (nSPS) is 12.5. The summed E-state index contributed by atoms with van der Waals surface area (Å²) in [7, 11) is 5.57. The highest BCUT2D eigenvalue weighted by Crippen LogP contribution is 2.22. The minimum atomic E-state index is -0.170. The van der Waals surface area contributed by atoms with Gasteiger partial charge in [-0.05, 0) is 56.6 Å². The van der Waals surface area contributed by atoms with Crippen molar-refractivity contribution < 1.29 is 4.79 Å². The molecule has 0 fully saturated rings. The Morgan fingerprint density at radius 3 is 2.52 bits per heavy atom. The lowest BCUT2D eigenvalue weighted by atomic mass is 10.0. The third kappa shape index (κ3) is 3.79. The quantitative estimate of drug-likeness (QED) is 0.851. The van der Waals surface area contributed by atoms with Crippen LogP contribution in [0.25, 0.3) is 5.69 Å². The van der Waals surface area contributed by atoms with Gasteiger partial charge in [0, 0.05) is 33.0 Å². The Kier molecular flexibility index (Phi) is 5.21. The molecule has 0 spiro atoms. The molecule has 0 aliphatic rings. The van der Waals surface area contributed by atoms with Crippen LogP contribution in [-0.4, -0.2) is 52.7 Å². The minimum Gasteiger partial charge on any atom is -0.347 e. The Hall–Kier alpha value is -2.14. The van der Waals surface area contributed by atoms with Gasteiger partial charge in [-0.3, -0.25) is 9.69 Å². The maximum atomic E-state index is 12.2. The molecule has 1 aromatic carbocycles. The fourth-order valence-electron chi connectivity index (χ4n) is 2.75. The number of nitrogens with zero attached hydrogens (tertiary/aromatic N) is 4. The van der Waals surface area contributed by atoms with Gasteiger partial charge in [-0.2, -0.15) is 5.10 Å². The highest BCUT2D eigenvalue weighted by atomic mass is 16.2. The summed E-state index contributed by atoms with van der Waals surface area (Å²) in [5.74, 6) is 0.109. The molecule has 0 saturated carbocycles. The van der Waals surface area contributed by atoms with E-state index in [1.54, 1.807) is 25.2 Å².